The van der Waals surface area contributed by atoms with Crippen molar-refractivity contribution >= 4 is 34.6 Å². The molecule has 49 heavy (non-hydrogen) atoms. The van der Waals surface area contributed by atoms with E-state index in [1.165, 1.54) is 5.56 Å². The molecule has 13 heteroatoms. The van der Waals surface area contributed by atoms with Crippen molar-refractivity contribution in [3.8, 4) is 5.75 Å². The molecule has 4 heterocycles. The number of hydroxylamine groups is 2. The summed E-state index contributed by atoms with van der Waals surface area (Å²) in [6, 6.07) is 15.2. The number of aromatic nitrogens is 3. The zero-order chi connectivity index (χ0) is 34.2. The molecule has 0 aliphatic carbocycles. The number of benzene rings is 2. The summed E-state index contributed by atoms with van der Waals surface area (Å²) in [6.45, 7) is 10.1. The smallest absolute Gasteiger partial charge is 0.285 e. The maximum atomic E-state index is 12.4. The van der Waals surface area contributed by atoms with Gasteiger partial charge < -0.3 is 25.1 Å². The average Bonchev–Trinajstić information content (AvgIpc) is 3.62. The van der Waals surface area contributed by atoms with Crippen LogP contribution in [0.25, 0.3) is 11.0 Å². The van der Waals surface area contributed by atoms with E-state index < -0.39 is 11.8 Å². The topological polar surface area (TPSA) is 140 Å². The first-order chi connectivity index (χ1) is 23.9. The molecule has 2 aromatic carbocycles. The number of rotatable bonds is 17. The van der Waals surface area contributed by atoms with E-state index in [9.17, 15) is 9.59 Å². The highest BCUT2D eigenvalue weighted by atomic mass is 16.7. The van der Waals surface area contributed by atoms with E-state index >= 15 is 0 Å². The van der Waals surface area contributed by atoms with Crippen molar-refractivity contribution in [1.29, 1.82) is 0 Å². The first-order valence-electron chi connectivity index (χ1n) is 17.1. The largest absolute Gasteiger partial charge is 0.496 e. The summed E-state index contributed by atoms with van der Waals surface area (Å²) < 4.78 is 13.7. The number of nitrogens with zero attached hydrogens (tertiary/aromatic N) is 6. The standard InChI is InChI=1S/C36H46N8O5/c1-3-4-7-13-38-33-32-30(39-36(37)40-33)12-14-43(32)25-27-11-10-26(23-31(27)47-2)24-42-17-15-41(16-18-42)19-20-48-21-22-49-44-34(45)28-8-5-6-9-29(28)35(44)46/h5-6,8-12,14,23H,3-4,7,13,15-22,24-25H2,1-2H3,(H3,37,38,39,40). The monoisotopic (exact) mass is 670 g/mol. The number of unbranched alkanes of at least 4 members (excludes halogenated alkanes) is 2. The number of fused-ring (bicyclic) bond motifs is 2. The third kappa shape index (κ3) is 8.19. The van der Waals surface area contributed by atoms with Gasteiger partial charge in [0.2, 0.25) is 5.95 Å². The molecule has 4 aromatic rings. The predicted molar refractivity (Wildman–Crippen MR) is 187 cm³/mol. The Hall–Kier alpha value is -4.56. The zero-order valence-corrected chi connectivity index (χ0v) is 28.4. The van der Waals surface area contributed by atoms with Crippen molar-refractivity contribution in [3.05, 3.63) is 77.0 Å². The van der Waals surface area contributed by atoms with Gasteiger partial charge in [-0.15, -0.1) is 5.06 Å². The number of piperazine rings is 1. The van der Waals surface area contributed by atoms with Gasteiger partial charge in [-0.25, -0.2) is 4.98 Å². The van der Waals surface area contributed by atoms with Crippen molar-refractivity contribution in [3.63, 3.8) is 0 Å². The molecule has 13 nitrogen and oxygen atoms in total. The summed E-state index contributed by atoms with van der Waals surface area (Å²) in [5.74, 6) is 1.03. The Bertz CT molecular complexity index is 1720. The van der Waals surface area contributed by atoms with E-state index in [4.69, 9.17) is 20.0 Å². The van der Waals surface area contributed by atoms with Crippen molar-refractivity contribution in [1.82, 2.24) is 29.4 Å². The fourth-order valence-corrected chi connectivity index (χ4v) is 6.36. The van der Waals surface area contributed by atoms with E-state index in [2.05, 4.69) is 54.8 Å². The highest BCUT2D eigenvalue weighted by Gasteiger charge is 2.36. The van der Waals surface area contributed by atoms with Gasteiger partial charge in [0.1, 0.15) is 11.3 Å². The van der Waals surface area contributed by atoms with Crippen LogP contribution < -0.4 is 15.8 Å². The normalized spacial score (nSPS) is 15.3. The second-order valence-corrected chi connectivity index (χ2v) is 12.4. The molecule has 0 unspecified atom stereocenters. The Balaban J connectivity index is 0.937. The Morgan fingerprint density at radius 2 is 1.63 bits per heavy atom. The van der Waals surface area contributed by atoms with Gasteiger partial charge in [-0.05, 0) is 36.2 Å². The summed E-state index contributed by atoms with van der Waals surface area (Å²) in [4.78, 5) is 44.0. The van der Waals surface area contributed by atoms with Crippen LogP contribution >= 0.6 is 0 Å². The molecule has 2 aromatic heterocycles. The molecule has 0 saturated carbocycles. The molecule has 6 rings (SSSR count). The maximum absolute atomic E-state index is 12.4. The van der Waals surface area contributed by atoms with E-state index in [1.54, 1.807) is 31.4 Å². The quantitative estimate of drug-likeness (QED) is 0.124. The van der Waals surface area contributed by atoms with Crippen molar-refractivity contribution in [2.45, 2.75) is 39.3 Å². The minimum Gasteiger partial charge on any atom is -0.496 e. The summed E-state index contributed by atoms with van der Waals surface area (Å²) in [5, 5.41) is 4.30. The number of methoxy groups -OCH3 is 1. The molecular weight excluding hydrogens is 624 g/mol. The number of hydrogen-bond donors (Lipinski definition) is 2. The highest BCUT2D eigenvalue weighted by molar-refractivity contribution is 6.20. The second-order valence-electron chi connectivity index (χ2n) is 12.4. The molecule has 1 saturated heterocycles. The van der Waals surface area contributed by atoms with Crippen LogP contribution in [-0.2, 0) is 22.7 Å². The minimum atomic E-state index is -0.431. The van der Waals surface area contributed by atoms with Crippen LogP contribution in [0.1, 0.15) is 58.0 Å². The summed E-state index contributed by atoms with van der Waals surface area (Å²) in [6.07, 6.45) is 5.42. The van der Waals surface area contributed by atoms with Gasteiger partial charge in [0.05, 0.1) is 50.1 Å². The number of amides is 2. The molecule has 2 aliphatic heterocycles. The van der Waals surface area contributed by atoms with Crippen molar-refractivity contribution in [2.24, 2.45) is 0 Å². The number of hydrogen-bond acceptors (Lipinski definition) is 11. The predicted octanol–water partition coefficient (Wildman–Crippen LogP) is 4.03. The molecule has 0 atom stereocenters. The van der Waals surface area contributed by atoms with Gasteiger partial charge in [-0.1, -0.05) is 44.0 Å². The van der Waals surface area contributed by atoms with Crippen LogP contribution in [0.3, 0.4) is 0 Å². The fraction of sp³-hybridized carbons (Fsp3) is 0.444. The van der Waals surface area contributed by atoms with Gasteiger partial charge in [-0.3, -0.25) is 24.2 Å². The number of nitrogens with one attached hydrogen (secondary N) is 1. The number of ether oxygens (including phenoxy) is 2. The third-order valence-electron chi connectivity index (χ3n) is 9.02. The lowest BCUT2D eigenvalue weighted by molar-refractivity contribution is -0.106. The van der Waals surface area contributed by atoms with E-state index in [0.29, 0.717) is 30.9 Å². The number of nitrogen functional groups attached to an aromatic ring is 1. The molecule has 1 fully saturated rings. The first kappa shape index (κ1) is 34.3. The molecule has 2 aliphatic rings. The molecule has 0 radical (unpaired) electrons. The Labute approximate surface area is 286 Å². The summed E-state index contributed by atoms with van der Waals surface area (Å²) >= 11 is 0. The number of carbonyl (C=O) groups is 2. The Morgan fingerprint density at radius 1 is 0.878 bits per heavy atom. The van der Waals surface area contributed by atoms with E-state index in [-0.39, 0.29) is 12.6 Å². The van der Waals surface area contributed by atoms with Crippen molar-refractivity contribution < 1.29 is 23.9 Å². The maximum Gasteiger partial charge on any atom is 0.285 e. The molecule has 2 amide bonds. The highest BCUT2D eigenvalue weighted by Crippen LogP contribution is 2.28. The van der Waals surface area contributed by atoms with Crippen LogP contribution in [0.2, 0.25) is 0 Å². The lowest BCUT2D eigenvalue weighted by Crippen LogP contribution is -2.46. The molecule has 260 valence electrons. The van der Waals surface area contributed by atoms with Crippen LogP contribution in [0.15, 0.2) is 54.7 Å². The molecule has 0 bridgehead atoms. The van der Waals surface area contributed by atoms with Crippen LogP contribution in [0.4, 0.5) is 11.8 Å². The molecule has 3 N–H and O–H groups in total. The van der Waals surface area contributed by atoms with Gasteiger partial charge >= 0.3 is 0 Å². The van der Waals surface area contributed by atoms with Crippen molar-refractivity contribution in [2.75, 3.05) is 77.2 Å². The second kappa shape index (κ2) is 16.2. The number of anilines is 2. The number of carbonyl (C=O) groups excluding carboxylic acids is 2. The minimum absolute atomic E-state index is 0.129. The average molecular weight is 671 g/mol. The third-order valence-corrected chi connectivity index (χ3v) is 9.02. The van der Waals surface area contributed by atoms with Gasteiger partial charge in [-0.2, -0.15) is 4.98 Å². The molecule has 0 spiro atoms. The fourth-order valence-electron chi connectivity index (χ4n) is 6.36. The van der Waals surface area contributed by atoms with Crippen LogP contribution in [-0.4, -0.2) is 107 Å². The lowest BCUT2D eigenvalue weighted by Gasteiger charge is -2.34. The van der Waals surface area contributed by atoms with E-state index in [0.717, 1.165) is 98.3 Å². The van der Waals surface area contributed by atoms with Crippen LogP contribution in [0, 0.1) is 0 Å². The Kier molecular flexibility index (Phi) is 11.4. The number of imide groups is 1. The SMILES string of the molecule is CCCCCNc1nc(N)nc2ccn(Cc3ccc(CN4CCN(CCOCCON5C(=O)c6ccccc6C5=O)CC4)cc3OC)c12. The summed E-state index contributed by atoms with van der Waals surface area (Å²) in [7, 11) is 1.72. The number of nitrogens with two attached hydrogens (primary N) is 1. The van der Waals surface area contributed by atoms with Gasteiger partial charge in [0.15, 0.2) is 5.82 Å². The first-order valence-corrected chi connectivity index (χ1v) is 17.1. The van der Waals surface area contributed by atoms with E-state index in [1.807, 2.05) is 12.3 Å². The summed E-state index contributed by atoms with van der Waals surface area (Å²) in [5.41, 5.74) is 10.8. The molecular formula is C36H46N8O5. The van der Waals surface area contributed by atoms with Gasteiger partial charge in [0, 0.05) is 57.6 Å². The van der Waals surface area contributed by atoms with Gasteiger partial charge in [0.25, 0.3) is 11.8 Å². The Morgan fingerprint density at radius 3 is 2.37 bits per heavy atom. The lowest BCUT2D eigenvalue weighted by atomic mass is 10.1. The zero-order valence-electron chi connectivity index (χ0n) is 28.4. The van der Waals surface area contributed by atoms with Crippen LogP contribution in [0.5, 0.6) is 5.75 Å².